The minimum Gasteiger partial charge on any atom is -0.477 e. The predicted molar refractivity (Wildman–Crippen MR) is 122 cm³/mol. The van der Waals surface area contributed by atoms with Gasteiger partial charge in [0.05, 0.1) is 6.54 Å². The number of aliphatic carboxylic acids is 3. The van der Waals surface area contributed by atoms with E-state index in [2.05, 4.69) is 19.1 Å². The molecule has 7 heteroatoms. The molecule has 31 heavy (non-hydrogen) atoms. The van der Waals surface area contributed by atoms with Crippen molar-refractivity contribution in [2.75, 3.05) is 6.54 Å². The van der Waals surface area contributed by atoms with Crippen molar-refractivity contribution in [3.8, 4) is 0 Å². The van der Waals surface area contributed by atoms with Crippen molar-refractivity contribution in [2.24, 2.45) is 0 Å². The number of hydrogen-bond acceptors (Lipinski definition) is 3. The summed E-state index contributed by atoms with van der Waals surface area (Å²) in [5, 5.41) is 28.7. The van der Waals surface area contributed by atoms with Crippen LogP contribution in [0.2, 0.25) is 0 Å². The van der Waals surface area contributed by atoms with Crippen LogP contribution in [0.25, 0.3) is 0 Å². The molecule has 0 heterocycles. The molecular formula is C24H44NO6+. The summed E-state index contributed by atoms with van der Waals surface area (Å²) in [4.78, 5) is 35.2. The van der Waals surface area contributed by atoms with E-state index in [1.54, 1.807) is 0 Å². The van der Waals surface area contributed by atoms with Gasteiger partial charge in [-0.3, -0.25) is 4.48 Å². The molecule has 0 aromatic heterocycles. The average Bonchev–Trinajstić information content (AvgIpc) is 2.72. The highest BCUT2D eigenvalue weighted by Crippen LogP contribution is 2.27. The number of allylic oxidation sites excluding steroid dienone is 2. The van der Waals surface area contributed by atoms with Crippen LogP contribution in [0.4, 0.5) is 0 Å². The molecule has 0 amide bonds. The summed E-state index contributed by atoms with van der Waals surface area (Å²) < 4.78 is -0.488. The van der Waals surface area contributed by atoms with E-state index in [0.717, 1.165) is 32.1 Å². The second-order valence-electron chi connectivity index (χ2n) is 8.64. The Morgan fingerprint density at radius 3 is 1.35 bits per heavy atom. The van der Waals surface area contributed by atoms with Crippen LogP contribution in [0.1, 0.15) is 98.3 Å². The van der Waals surface area contributed by atoms with Gasteiger partial charge in [0.25, 0.3) is 0 Å². The van der Waals surface area contributed by atoms with Crippen molar-refractivity contribution in [2.45, 2.75) is 116 Å². The standard InChI is InChI=1S/C24H43NO6/c1-5-6-7-8-9-10-11-12-13-14-15-16-17-18-25(19(2)22(26)27,20(3)23(28)29)21(4)24(30)31/h11-12,19-21H,5-10,13-18H2,1-4H3,(H2-,26,27,28,29,30,31)/p+1/b12-11+. The van der Waals surface area contributed by atoms with E-state index in [1.807, 2.05) is 0 Å². The zero-order valence-electron chi connectivity index (χ0n) is 19.9. The topological polar surface area (TPSA) is 112 Å². The highest BCUT2D eigenvalue weighted by atomic mass is 16.4. The van der Waals surface area contributed by atoms with Gasteiger partial charge < -0.3 is 15.3 Å². The van der Waals surface area contributed by atoms with Gasteiger partial charge in [-0.05, 0) is 59.3 Å². The van der Waals surface area contributed by atoms with Crippen LogP contribution in [0, 0.1) is 0 Å². The zero-order chi connectivity index (χ0) is 23.9. The Labute approximate surface area is 187 Å². The maximum atomic E-state index is 11.7. The quantitative estimate of drug-likeness (QED) is 0.146. The van der Waals surface area contributed by atoms with Gasteiger partial charge in [-0.15, -0.1) is 0 Å². The molecule has 0 saturated heterocycles. The van der Waals surface area contributed by atoms with E-state index in [4.69, 9.17) is 0 Å². The zero-order valence-corrected chi connectivity index (χ0v) is 19.9. The largest absolute Gasteiger partial charge is 0.477 e. The Bertz CT molecular complexity index is 524. The monoisotopic (exact) mass is 442 g/mol. The molecule has 0 radical (unpaired) electrons. The number of carboxylic acid groups (broad SMARTS) is 3. The number of unbranched alkanes of at least 4 members (excludes halogenated alkanes) is 9. The first kappa shape index (κ1) is 29.1. The molecule has 0 aliphatic carbocycles. The first-order valence-electron chi connectivity index (χ1n) is 11.8. The van der Waals surface area contributed by atoms with Crippen molar-refractivity contribution >= 4 is 17.9 Å². The van der Waals surface area contributed by atoms with Crippen LogP contribution in [0.3, 0.4) is 0 Å². The third kappa shape index (κ3) is 9.85. The molecule has 0 aliphatic rings. The van der Waals surface area contributed by atoms with E-state index >= 15 is 0 Å². The van der Waals surface area contributed by atoms with Crippen molar-refractivity contribution in [3.63, 3.8) is 0 Å². The van der Waals surface area contributed by atoms with Crippen molar-refractivity contribution in [3.05, 3.63) is 12.2 Å². The fraction of sp³-hybridized carbons (Fsp3) is 0.792. The Hall–Kier alpha value is -1.89. The Balaban J connectivity index is 4.67. The fourth-order valence-corrected chi connectivity index (χ4v) is 4.31. The smallest absolute Gasteiger partial charge is 0.362 e. The molecule has 3 unspecified atom stereocenters. The van der Waals surface area contributed by atoms with E-state index in [1.165, 1.54) is 52.9 Å². The maximum absolute atomic E-state index is 11.7. The summed E-state index contributed by atoms with van der Waals surface area (Å²) in [5.41, 5.74) is 0. The lowest BCUT2D eigenvalue weighted by Crippen LogP contribution is -2.70. The van der Waals surface area contributed by atoms with Gasteiger partial charge in [0.2, 0.25) is 0 Å². The highest BCUT2D eigenvalue weighted by molar-refractivity contribution is 5.77. The minimum atomic E-state index is -1.18. The van der Waals surface area contributed by atoms with Crippen LogP contribution in [-0.2, 0) is 14.4 Å². The highest BCUT2D eigenvalue weighted by Gasteiger charge is 2.52. The van der Waals surface area contributed by atoms with E-state index < -0.39 is 40.5 Å². The van der Waals surface area contributed by atoms with Crippen molar-refractivity contribution in [1.82, 2.24) is 0 Å². The van der Waals surface area contributed by atoms with Gasteiger partial charge in [0, 0.05) is 0 Å². The molecule has 3 atom stereocenters. The molecule has 0 spiro atoms. The first-order valence-corrected chi connectivity index (χ1v) is 11.8. The molecule has 7 nitrogen and oxygen atoms in total. The molecule has 0 fully saturated rings. The lowest BCUT2D eigenvalue weighted by molar-refractivity contribution is -0.968. The first-order chi connectivity index (χ1) is 14.6. The number of rotatable bonds is 19. The number of hydrogen-bond donors (Lipinski definition) is 3. The third-order valence-electron chi connectivity index (χ3n) is 6.54. The van der Waals surface area contributed by atoms with E-state index in [9.17, 15) is 29.7 Å². The van der Waals surface area contributed by atoms with Crippen molar-refractivity contribution in [1.29, 1.82) is 0 Å². The van der Waals surface area contributed by atoms with Crippen LogP contribution < -0.4 is 0 Å². The second kappa shape index (κ2) is 15.8. The average molecular weight is 443 g/mol. The SMILES string of the molecule is CCCCCCC/C=C/CCCCCC[N+](C(C)C(=O)O)(C(C)C(=O)O)C(C)C(=O)O. The summed E-state index contributed by atoms with van der Waals surface area (Å²) in [6, 6.07) is -3.38. The molecule has 180 valence electrons. The second-order valence-corrected chi connectivity index (χ2v) is 8.64. The minimum absolute atomic E-state index is 0.210. The molecule has 0 aromatic rings. The number of carbonyl (C=O) groups is 3. The van der Waals surface area contributed by atoms with Crippen LogP contribution in [0.15, 0.2) is 12.2 Å². The number of carboxylic acids is 3. The van der Waals surface area contributed by atoms with Gasteiger partial charge in [-0.25, -0.2) is 14.4 Å². The lowest BCUT2D eigenvalue weighted by atomic mass is 10.00. The molecule has 0 saturated carbocycles. The molecule has 3 N–H and O–H groups in total. The lowest BCUT2D eigenvalue weighted by Gasteiger charge is -2.47. The van der Waals surface area contributed by atoms with Crippen LogP contribution >= 0.6 is 0 Å². The molecule has 0 aromatic carbocycles. The summed E-state index contributed by atoms with van der Waals surface area (Å²) in [7, 11) is 0. The van der Waals surface area contributed by atoms with Crippen molar-refractivity contribution < 1.29 is 34.2 Å². The predicted octanol–water partition coefficient (Wildman–Crippen LogP) is 5.09. The molecule has 0 rings (SSSR count). The number of quaternary nitrogens is 1. The summed E-state index contributed by atoms with van der Waals surface area (Å²) in [6.45, 7) is 6.66. The van der Waals surface area contributed by atoms with Crippen LogP contribution in [0.5, 0.6) is 0 Å². The summed E-state index contributed by atoms with van der Waals surface area (Å²) >= 11 is 0. The summed E-state index contributed by atoms with van der Waals surface area (Å²) in [5.74, 6) is -3.54. The third-order valence-corrected chi connectivity index (χ3v) is 6.54. The Morgan fingerprint density at radius 1 is 0.645 bits per heavy atom. The van der Waals surface area contributed by atoms with E-state index in [-0.39, 0.29) is 6.54 Å². The van der Waals surface area contributed by atoms with E-state index in [0.29, 0.717) is 6.42 Å². The van der Waals surface area contributed by atoms with Gasteiger partial charge in [-0.2, -0.15) is 0 Å². The van der Waals surface area contributed by atoms with Crippen LogP contribution in [-0.4, -0.2) is 62.4 Å². The Kier molecular flexibility index (Phi) is 14.9. The molecule has 0 aliphatic heterocycles. The normalized spacial score (nSPS) is 16.5. The summed E-state index contributed by atoms with van der Waals surface area (Å²) in [6.07, 6.45) is 16.4. The van der Waals surface area contributed by atoms with Gasteiger partial charge in [0.15, 0.2) is 18.1 Å². The van der Waals surface area contributed by atoms with Gasteiger partial charge >= 0.3 is 17.9 Å². The fourth-order valence-electron chi connectivity index (χ4n) is 4.31. The maximum Gasteiger partial charge on any atom is 0.362 e. The molecular weight excluding hydrogens is 398 g/mol. The van der Waals surface area contributed by atoms with Gasteiger partial charge in [-0.1, -0.05) is 51.2 Å². The Morgan fingerprint density at radius 2 is 1.00 bits per heavy atom. The number of nitrogens with zero attached hydrogens (tertiary/aromatic N) is 1. The molecule has 0 bridgehead atoms. The van der Waals surface area contributed by atoms with Gasteiger partial charge in [0.1, 0.15) is 0 Å².